The highest BCUT2D eigenvalue weighted by atomic mass is 16.5. The molecule has 0 aromatic heterocycles. The van der Waals surface area contributed by atoms with Crippen molar-refractivity contribution in [3.05, 3.63) is 34.9 Å². The first kappa shape index (κ1) is 12.9. The molecule has 4 nitrogen and oxygen atoms in total. The van der Waals surface area contributed by atoms with E-state index in [1.54, 1.807) is 25.1 Å². The third kappa shape index (κ3) is 3.15. The first-order valence-corrected chi connectivity index (χ1v) is 5.37. The Labute approximate surface area is 99.8 Å². The molecule has 1 aromatic rings. The highest BCUT2D eigenvalue weighted by Crippen LogP contribution is 2.17. The maximum atomic E-state index is 11.7. The lowest BCUT2D eigenvalue weighted by Crippen LogP contribution is -2.09. The van der Waals surface area contributed by atoms with E-state index in [9.17, 15) is 9.59 Å². The number of carbonyl (C=O) groups excluding carboxylic acids is 2. The van der Waals surface area contributed by atoms with Gasteiger partial charge in [0.05, 0.1) is 23.8 Å². The minimum atomic E-state index is -0.453. The van der Waals surface area contributed by atoms with E-state index in [0.29, 0.717) is 23.1 Å². The lowest BCUT2D eigenvalue weighted by molar-refractivity contribution is -0.107. The average Bonchev–Trinajstić information content (AvgIpc) is 2.36. The third-order valence-electron chi connectivity index (χ3n) is 2.30. The summed E-state index contributed by atoms with van der Waals surface area (Å²) in [4.78, 5) is 22.1. The van der Waals surface area contributed by atoms with Gasteiger partial charge in [0, 0.05) is 6.42 Å². The molecule has 0 bridgehead atoms. The molecular formula is C13H13NO3. The molecule has 0 unspecified atom stereocenters. The molecule has 0 aliphatic carbocycles. The van der Waals surface area contributed by atoms with Crippen molar-refractivity contribution in [3.63, 3.8) is 0 Å². The Kier molecular flexibility index (Phi) is 4.89. The second-order valence-corrected chi connectivity index (χ2v) is 3.37. The minimum Gasteiger partial charge on any atom is -0.462 e. The summed E-state index contributed by atoms with van der Waals surface area (Å²) in [6.07, 6.45) is 1.43. The second-order valence-electron chi connectivity index (χ2n) is 3.37. The van der Waals surface area contributed by atoms with Crippen LogP contribution in [-0.2, 0) is 16.0 Å². The fourth-order valence-corrected chi connectivity index (χ4v) is 1.56. The van der Waals surface area contributed by atoms with Crippen molar-refractivity contribution < 1.29 is 14.3 Å². The van der Waals surface area contributed by atoms with Gasteiger partial charge in [-0.25, -0.2) is 4.79 Å². The summed E-state index contributed by atoms with van der Waals surface area (Å²) in [6, 6.07) is 6.89. The topological polar surface area (TPSA) is 67.2 Å². The van der Waals surface area contributed by atoms with E-state index in [1.165, 1.54) is 0 Å². The monoisotopic (exact) mass is 231 g/mol. The van der Waals surface area contributed by atoms with Crippen LogP contribution < -0.4 is 0 Å². The zero-order valence-corrected chi connectivity index (χ0v) is 9.60. The van der Waals surface area contributed by atoms with Gasteiger partial charge in [-0.3, -0.25) is 0 Å². The van der Waals surface area contributed by atoms with E-state index in [2.05, 4.69) is 0 Å². The number of carbonyl (C=O) groups is 2. The Morgan fingerprint density at radius 3 is 2.88 bits per heavy atom. The smallest absolute Gasteiger partial charge is 0.338 e. The number of rotatable bonds is 5. The van der Waals surface area contributed by atoms with Gasteiger partial charge in [0.1, 0.15) is 6.29 Å². The van der Waals surface area contributed by atoms with Crippen LogP contribution in [-0.4, -0.2) is 18.9 Å². The maximum absolute atomic E-state index is 11.7. The first-order valence-electron chi connectivity index (χ1n) is 5.37. The van der Waals surface area contributed by atoms with Gasteiger partial charge in [-0.15, -0.1) is 0 Å². The molecule has 0 N–H and O–H groups in total. The molecule has 0 heterocycles. The third-order valence-corrected chi connectivity index (χ3v) is 2.30. The highest BCUT2D eigenvalue weighted by molar-refractivity contribution is 5.91. The lowest BCUT2D eigenvalue weighted by Gasteiger charge is -2.09. The van der Waals surface area contributed by atoms with Gasteiger partial charge in [0.15, 0.2) is 0 Å². The lowest BCUT2D eigenvalue weighted by atomic mass is 9.98. The normalized spacial score (nSPS) is 9.41. The molecule has 1 rings (SSSR count). The Hall–Kier alpha value is -2.15. The molecule has 0 atom stereocenters. The fraction of sp³-hybridized carbons (Fsp3) is 0.308. The highest BCUT2D eigenvalue weighted by Gasteiger charge is 2.15. The van der Waals surface area contributed by atoms with Gasteiger partial charge in [0.25, 0.3) is 0 Å². The van der Waals surface area contributed by atoms with Crippen LogP contribution in [0, 0.1) is 11.3 Å². The molecule has 0 radical (unpaired) electrons. The van der Waals surface area contributed by atoms with Gasteiger partial charge in [-0.05, 0) is 31.0 Å². The maximum Gasteiger partial charge on any atom is 0.338 e. The summed E-state index contributed by atoms with van der Waals surface area (Å²) in [7, 11) is 0. The molecule has 0 amide bonds. The number of ether oxygens (including phenoxy) is 1. The van der Waals surface area contributed by atoms with Gasteiger partial charge in [0.2, 0.25) is 0 Å². The summed E-state index contributed by atoms with van der Waals surface area (Å²) in [6.45, 7) is 2.00. The molecule has 4 heteroatoms. The standard InChI is InChI=1S/C13H13NO3/c1-2-17-13(16)12-6-3-5-10(9-14)11(12)7-4-8-15/h3,5-6,8H,2,4,7H2,1H3. The quantitative estimate of drug-likeness (QED) is 0.573. The van der Waals surface area contributed by atoms with Crippen LogP contribution in [0.1, 0.15) is 34.8 Å². The predicted molar refractivity (Wildman–Crippen MR) is 61.5 cm³/mol. The second kappa shape index (κ2) is 6.44. The molecule has 0 aliphatic rings. The number of aldehydes is 1. The molecule has 88 valence electrons. The number of benzene rings is 1. The number of nitriles is 1. The van der Waals surface area contributed by atoms with Gasteiger partial charge >= 0.3 is 5.97 Å². The minimum absolute atomic E-state index is 0.280. The summed E-state index contributed by atoms with van der Waals surface area (Å²) in [5, 5.41) is 8.96. The first-order chi connectivity index (χ1) is 8.24. The Balaban J connectivity index is 3.14. The van der Waals surface area contributed by atoms with Crippen molar-refractivity contribution in [2.75, 3.05) is 6.61 Å². The molecule has 0 spiro atoms. The van der Waals surface area contributed by atoms with Crippen LogP contribution in [0.15, 0.2) is 18.2 Å². The number of nitrogens with zero attached hydrogens (tertiary/aromatic N) is 1. The summed E-state index contributed by atoms with van der Waals surface area (Å²) in [5.41, 5.74) is 1.37. The predicted octanol–water partition coefficient (Wildman–Crippen LogP) is 1.87. The Morgan fingerprint density at radius 2 is 2.29 bits per heavy atom. The molecule has 0 fully saturated rings. The zero-order chi connectivity index (χ0) is 12.7. The average molecular weight is 231 g/mol. The SMILES string of the molecule is CCOC(=O)c1cccc(C#N)c1CCC=O. The molecule has 17 heavy (non-hydrogen) atoms. The van der Waals surface area contributed by atoms with E-state index in [-0.39, 0.29) is 13.0 Å². The molecule has 0 saturated carbocycles. The largest absolute Gasteiger partial charge is 0.462 e. The summed E-state index contributed by atoms with van der Waals surface area (Å²) >= 11 is 0. The number of hydrogen-bond donors (Lipinski definition) is 0. The van der Waals surface area contributed by atoms with E-state index in [4.69, 9.17) is 10.00 Å². The van der Waals surface area contributed by atoms with Gasteiger partial charge in [-0.1, -0.05) is 6.07 Å². The van der Waals surface area contributed by atoms with Crippen molar-refractivity contribution in [1.82, 2.24) is 0 Å². The van der Waals surface area contributed by atoms with E-state index in [1.807, 2.05) is 6.07 Å². The summed E-state index contributed by atoms with van der Waals surface area (Å²) < 4.78 is 4.91. The fourth-order valence-electron chi connectivity index (χ4n) is 1.56. The number of hydrogen-bond acceptors (Lipinski definition) is 4. The summed E-state index contributed by atoms with van der Waals surface area (Å²) in [5.74, 6) is -0.453. The van der Waals surface area contributed by atoms with Crippen molar-refractivity contribution in [2.24, 2.45) is 0 Å². The van der Waals surface area contributed by atoms with Crippen molar-refractivity contribution in [2.45, 2.75) is 19.8 Å². The van der Waals surface area contributed by atoms with Crippen molar-refractivity contribution in [1.29, 1.82) is 5.26 Å². The Bertz CT molecular complexity index is 460. The Morgan fingerprint density at radius 1 is 1.53 bits per heavy atom. The van der Waals surface area contributed by atoms with Gasteiger partial charge in [-0.2, -0.15) is 5.26 Å². The van der Waals surface area contributed by atoms with Crippen LogP contribution >= 0.6 is 0 Å². The number of esters is 1. The van der Waals surface area contributed by atoms with Crippen molar-refractivity contribution in [3.8, 4) is 6.07 Å². The van der Waals surface area contributed by atoms with E-state index in [0.717, 1.165) is 6.29 Å². The van der Waals surface area contributed by atoms with Crippen LogP contribution in [0.3, 0.4) is 0 Å². The van der Waals surface area contributed by atoms with Gasteiger partial charge < -0.3 is 9.53 Å². The van der Waals surface area contributed by atoms with E-state index < -0.39 is 5.97 Å². The van der Waals surface area contributed by atoms with Crippen LogP contribution in [0.4, 0.5) is 0 Å². The molecular weight excluding hydrogens is 218 g/mol. The van der Waals surface area contributed by atoms with Crippen LogP contribution in [0.2, 0.25) is 0 Å². The van der Waals surface area contributed by atoms with E-state index >= 15 is 0 Å². The molecule has 1 aromatic carbocycles. The van der Waals surface area contributed by atoms with Crippen LogP contribution in [0.25, 0.3) is 0 Å². The van der Waals surface area contributed by atoms with Crippen molar-refractivity contribution >= 4 is 12.3 Å². The van der Waals surface area contributed by atoms with Crippen LogP contribution in [0.5, 0.6) is 0 Å². The molecule has 0 aliphatic heterocycles. The molecule has 0 saturated heterocycles. The zero-order valence-electron chi connectivity index (χ0n) is 9.60.